The molecule has 0 saturated carbocycles. The molecule has 0 atom stereocenters. The Balaban J connectivity index is 3.12. The smallest absolute Gasteiger partial charge is 0.382 e. The zero-order valence-corrected chi connectivity index (χ0v) is 10.8. The first-order valence-electron chi connectivity index (χ1n) is 4.71. The predicted molar refractivity (Wildman–Crippen MR) is 67.7 cm³/mol. The van der Waals surface area contributed by atoms with E-state index in [1.807, 2.05) is 0 Å². The van der Waals surface area contributed by atoms with Gasteiger partial charge in [-0.3, -0.25) is 10.8 Å². The van der Waals surface area contributed by atoms with Crippen molar-refractivity contribution in [2.24, 2.45) is 10.8 Å². The fraction of sp³-hybridized carbons (Fsp3) is 0.100. The molecule has 0 saturated heterocycles. The second-order valence-corrected chi connectivity index (χ2v) is 4.06. The average molecular weight is 334 g/mol. The molecule has 0 aliphatic carbocycles. The normalized spacial score (nSPS) is 11.8. The summed E-state index contributed by atoms with van der Waals surface area (Å²) in [6.07, 6.45) is -4.52. The number of amidine groups is 1. The van der Waals surface area contributed by atoms with Gasteiger partial charge in [-0.2, -0.15) is 23.5 Å². The molecule has 0 aromatic heterocycles. The van der Waals surface area contributed by atoms with Crippen LogP contribution in [0.3, 0.4) is 0 Å². The second-order valence-electron chi connectivity index (χ2n) is 3.26. The van der Waals surface area contributed by atoms with Crippen molar-refractivity contribution in [1.82, 2.24) is 0 Å². The Morgan fingerprint density at radius 3 is 2.58 bits per heavy atom. The molecule has 0 heterocycles. The lowest BCUT2D eigenvalue weighted by Crippen LogP contribution is -2.22. The lowest BCUT2D eigenvalue weighted by atomic mass is 10.2. The summed E-state index contributed by atoms with van der Waals surface area (Å²) < 4.78 is 37.6. The van der Waals surface area contributed by atoms with Crippen molar-refractivity contribution in [2.75, 3.05) is 5.43 Å². The molecule has 9 heteroatoms. The number of rotatable bonds is 3. The van der Waals surface area contributed by atoms with Crippen molar-refractivity contribution in [3.8, 4) is 6.07 Å². The predicted octanol–water partition coefficient (Wildman–Crippen LogP) is 2.70. The zero-order chi connectivity index (χ0) is 14.6. The second kappa shape index (κ2) is 5.71. The van der Waals surface area contributed by atoms with Gasteiger partial charge >= 0.3 is 6.18 Å². The van der Waals surface area contributed by atoms with Gasteiger partial charge in [0.2, 0.25) is 5.71 Å². The molecular weight excluding hydrogens is 327 g/mol. The van der Waals surface area contributed by atoms with E-state index in [-0.39, 0.29) is 10.2 Å². The molecule has 100 valence electrons. The molecule has 4 N–H and O–H groups in total. The molecule has 0 bridgehead atoms. The Labute approximate surface area is 114 Å². The monoisotopic (exact) mass is 333 g/mol. The molecule has 1 aromatic carbocycles. The molecule has 19 heavy (non-hydrogen) atoms. The van der Waals surface area contributed by atoms with E-state index in [4.69, 9.17) is 16.4 Å². The number of benzene rings is 1. The SMILES string of the molecule is N#C/C(=N\Nc1cccc(C(F)(F)F)c1Br)C(=N)N. The van der Waals surface area contributed by atoms with Crippen LogP contribution in [0.1, 0.15) is 5.56 Å². The topological polar surface area (TPSA) is 98.0 Å². The molecule has 1 rings (SSSR count). The van der Waals surface area contributed by atoms with Crippen LogP contribution in [-0.4, -0.2) is 11.5 Å². The Kier molecular flexibility index (Phi) is 4.50. The van der Waals surface area contributed by atoms with E-state index in [1.165, 1.54) is 18.2 Å². The van der Waals surface area contributed by atoms with Crippen LogP contribution >= 0.6 is 15.9 Å². The van der Waals surface area contributed by atoms with Gasteiger partial charge in [-0.05, 0) is 28.1 Å². The lowest BCUT2D eigenvalue weighted by molar-refractivity contribution is -0.138. The summed E-state index contributed by atoms with van der Waals surface area (Å²) in [5, 5.41) is 19.1. The molecular formula is C10H7BrF3N5. The number of anilines is 1. The van der Waals surface area contributed by atoms with Crippen molar-refractivity contribution in [3.05, 3.63) is 28.2 Å². The third kappa shape index (κ3) is 3.69. The van der Waals surface area contributed by atoms with E-state index in [0.717, 1.165) is 6.07 Å². The van der Waals surface area contributed by atoms with Crippen LogP contribution in [0.25, 0.3) is 0 Å². The Morgan fingerprint density at radius 2 is 2.11 bits per heavy atom. The van der Waals surface area contributed by atoms with E-state index < -0.39 is 23.3 Å². The van der Waals surface area contributed by atoms with E-state index in [2.05, 4.69) is 26.5 Å². The maximum Gasteiger partial charge on any atom is 0.417 e. The Hall–Kier alpha value is -2.08. The van der Waals surface area contributed by atoms with Crippen LogP contribution in [0.4, 0.5) is 18.9 Å². The van der Waals surface area contributed by atoms with E-state index in [0.29, 0.717) is 0 Å². The quantitative estimate of drug-likeness (QED) is 0.450. The van der Waals surface area contributed by atoms with Crippen molar-refractivity contribution >= 4 is 33.2 Å². The van der Waals surface area contributed by atoms with Crippen LogP contribution in [0.15, 0.2) is 27.8 Å². The summed E-state index contributed by atoms with van der Waals surface area (Å²) in [4.78, 5) is 0. The van der Waals surface area contributed by atoms with E-state index >= 15 is 0 Å². The fourth-order valence-electron chi connectivity index (χ4n) is 1.10. The van der Waals surface area contributed by atoms with Gasteiger partial charge in [-0.25, -0.2) is 0 Å². The number of hydrogen-bond donors (Lipinski definition) is 3. The molecule has 5 nitrogen and oxygen atoms in total. The van der Waals surface area contributed by atoms with Crippen LogP contribution < -0.4 is 11.2 Å². The summed E-state index contributed by atoms with van der Waals surface area (Å²) >= 11 is 2.81. The summed E-state index contributed by atoms with van der Waals surface area (Å²) in [6.45, 7) is 0. The van der Waals surface area contributed by atoms with Gasteiger partial charge in [0.15, 0.2) is 5.84 Å². The molecule has 0 unspecified atom stereocenters. The number of nitrogens with one attached hydrogen (secondary N) is 2. The highest BCUT2D eigenvalue weighted by Crippen LogP contribution is 2.38. The summed E-state index contributed by atoms with van der Waals surface area (Å²) in [7, 11) is 0. The van der Waals surface area contributed by atoms with Crippen LogP contribution in [0.5, 0.6) is 0 Å². The third-order valence-corrected chi connectivity index (χ3v) is 2.81. The van der Waals surface area contributed by atoms with Gasteiger partial charge in [0.05, 0.1) is 15.7 Å². The Morgan fingerprint density at radius 1 is 1.47 bits per heavy atom. The molecule has 0 amide bonds. The minimum atomic E-state index is -4.52. The molecule has 0 aliphatic rings. The summed E-state index contributed by atoms with van der Waals surface area (Å²) in [5.74, 6) is -0.585. The minimum absolute atomic E-state index is 0.00354. The first-order valence-corrected chi connectivity index (χ1v) is 5.50. The molecule has 0 fully saturated rings. The standard InChI is InChI=1S/C10H7BrF3N5/c11-8-5(10(12,13)14)2-1-3-6(8)18-19-7(4-15)9(16)17/h1-3,18H,(H3,16,17)/b19-7+. The summed E-state index contributed by atoms with van der Waals surface area (Å²) in [6, 6.07) is 4.95. The number of halogens is 4. The highest BCUT2D eigenvalue weighted by atomic mass is 79.9. The first kappa shape index (κ1) is 15.0. The first-order chi connectivity index (χ1) is 8.77. The molecule has 0 spiro atoms. The number of hydrazone groups is 1. The minimum Gasteiger partial charge on any atom is -0.382 e. The van der Waals surface area contributed by atoms with E-state index in [1.54, 1.807) is 0 Å². The van der Waals surface area contributed by atoms with Gasteiger partial charge in [0, 0.05) is 0 Å². The molecule has 1 aromatic rings. The van der Waals surface area contributed by atoms with Gasteiger partial charge in [-0.15, -0.1) is 0 Å². The number of nitrogens with zero attached hydrogens (tertiary/aromatic N) is 2. The largest absolute Gasteiger partial charge is 0.417 e. The van der Waals surface area contributed by atoms with Crippen LogP contribution in [0.2, 0.25) is 0 Å². The van der Waals surface area contributed by atoms with Crippen LogP contribution in [0, 0.1) is 16.7 Å². The number of alkyl halides is 3. The maximum absolute atomic E-state index is 12.6. The van der Waals surface area contributed by atoms with E-state index in [9.17, 15) is 13.2 Å². The van der Waals surface area contributed by atoms with Crippen molar-refractivity contribution in [3.63, 3.8) is 0 Å². The van der Waals surface area contributed by atoms with Gasteiger partial charge in [0.1, 0.15) is 6.07 Å². The number of nitrogens with two attached hydrogens (primary N) is 1. The highest BCUT2D eigenvalue weighted by molar-refractivity contribution is 9.10. The van der Waals surface area contributed by atoms with Gasteiger partial charge < -0.3 is 5.73 Å². The lowest BCUT2D eigenvalue weighted by Gasteiger charge is -2.12. The van der Waals surface area contributed by atoms with Crippen molar-refractivity contribution in [2.45, 2.75) is 6.18 Å². The number of nitriles is 1. The van der Waals surface area contributed by atoms with Crippen molar-refractivity contribution in [1.29, 1.82) is 10.7 Å². The Bertz CT molecular complexity index is 574. The van der Waals surface area contributed by atoms with Gasteiger partial charge in [-0.1, -0.05) is 6.07 Å². The third-order valence-electron chi connectivity index (χ3n) is 1.95. The molecule has 0 radical (unpaired) electrons. The van der Waals surface area contributed by atoms with Crippen molar-refractivity contribution < 1.29 is 13.2 Å². The number of hydrogen-bond acceptors (Lipinski definition) is 4. The maximum atomic E-state index is 12.6. The zero-order valence-electron chi connectivity index (χ0n) is 9.22. The van der Waals surface area contributed by atoms with Crippen LogP contribution in [-0.2, 0) is 6.18 Å². The highest BCUT2D eigenvalue weighted by Gasteiger charge is 2.33. The average Bonchev–Trinajstić information content (AvgIpc) is 2.29. The fourth-order valence-corrected chi connectivity index (χ4v) is 1.68. The summed E-state index contributed by atoms with van der Waals surface area (Å²) in [5.41, 5.74) is 6.00. The molecule has 0 aliphatic heterocycles. The van der Waals surface area contributed by atoms with Gasteiger partial charge in [0.25, 0.3) is 0 Å².